The van der Waals surface area contributed by atoms with Crippen molar-refractivity contribution in [2.45, 2.75) is 37.3 Å². The van der Waals surface area contributed by atoms with Crippen LogP contribution in [0.4, 0.5) is 26.3 Å². The van der Waals surface area contributed by atoms with Crippen molar-refractivity contribution in [3.8, 4) is 0 Å². The predicted molar refractivity (Wildman–Crippen MR) is 45.1 cm³/mol. The zero-order valence-electron chi connectivity index (χ0n) is 8.45. The molecule has 2 atom stereocenters. The number of hydrogen-bond donors (Lipinski definition) is 2. The van der Waals surface area contributed by atoms with E-state index in [4.69, 9.17) is 0 Å². The fraction of sp³-hybridized carbons (Fsp3) is 0.875. The third-order valence-electron chi connectivity index (χ3n) is 2.40. The topological polar surface area (TPSA) is 41.1 Å². The lowest BCUT2D eigenvalue weighted by Gasteiger charge is -2.31. The van der Waals surface area contributed by atoms with Crippen LogP contribution in [0.15, 0.2) is 0 Å². The Bertz CT molecular complexity index is 279. The molecule has 2 N–H and O–H groups in total. The number of carbonyl (C=O) groups excluding carboxylic acids is 1. The monoisotopic (exact) mass is 264 g/mol. The lowest BCUT2D eigenvalue weighted by molar-refractivity contribution is -0.175. The number of alkyl halides is 6. The Kier molecular flexibility index (Phi) is 3.90. The highest BCUT2D eigenvalue weighted by Gasteiger charge is 2.44. The molecule has 0 aromatic heterocycles. The molecule has 100 valence electrons. The standard InChI is InChI=1S/C8H10F6N2O/c9-7(10,11)5-2-1-4(3-15-5)16-6(17)8(12,13)14/h4-5,15H,1-3H2,(H,16,17)/t4-,5+/m1/s1. The number of carbonyl (C=O) groups is 1. The van der Waals surface area contributed by atoms with Crippen molar-refractivity contribution in [3.63, 3.8) is 0 Å². The molecule has 0 spiro atoms. The summed E-state index contributed by atoms with van der Waals surface area (Å²) in [5.41, 5.74) is 0. The van der Waals surface area contributed by atoms with Gasteiger partial charge in [-0.05, 0) is 12.8 Å². The van der Waals surface area contributed by atoms with Crippen molar-refractivity contribution >= 4 is 5.91 Å². The molecular formula is C8H10F6N2O. The van der Waals surface area contributed by atoms with E-state index in [2.05, 4.69) is 5.32 Å². The van der Waals surface area contributed by atoms with E-state index < -0.39 is 30.3 Å². The number of amides is 1. The van der Waals surface area contributed by atoms with Gasteiger partial charge in [-0.2, -0.15) is 26.3 Å². The van der Waals surface area contributed by atoms with Crippen molar-refractivity contribution < 1.29 is 31.1 Å². The summed E-state index contributed by atoms with van der Waals surface area (Å²) in [5, 5.41) is 3.70. The average molecular weight is 264 g/mol. The van der Waals surface area contributed by atoms with Gasteiger partial charge in [0.15, 0.2) is 0 Å². The normalized spacial score (nSPS) is 26.7. The van der Waals surface area contributed by atoms with Gasteiger partial charge in [-0.1, -0.05) is 0 Å². The van der Waals surface area contributed by atoms with Crippen LogP contribution in [0, 0.1) is 0 Å². The van der Waals surface area contributed by atoms with E-state index in [1.165, 1.54) is 0 Å². The third-order valence-corrected chi connectivity index (χ3v) is 2.40. The Hall–Kier alpha value is -0.990. The maximum atomic E-state index is 12.2. The number of nitrogens with one attached hydrogen (secondary N) is 2. The summed E-state index contributed by atoms with van der Waals surface area (Å²) in [5.74, 6) is -2.13. The lowest BCUT2D eigenvalue weighted by atomic mass is 10.0. The van der Waals surface area contributed by atoms with Crippen molar-refractivity contribution in [2.75, 3.05) is 6.54 Å². The summed E-state index contributed by atoms with van der Waals surface area (Å²) in [6, 6.07) is -2.65. The fourth-order valence-corrected chi connectivity index (χ4v) is 1.53. The molecule has 1 saturated heterocycles. The van der Waals surface area contributed by atoms with Gasteiger partial charge < -0.3 is 10.6 Å². The first-order valence-corrected chi connectivity index (χ1v) is 4.78. The van der Waals surface area contributed by atoms with Gasteiger partial charge in [0.2, 0.25) is 0 Å². The minimum Gasteiger partial charge on any atom is -0.344 e. The van der Waals surface area contributed by atoms with Crippen LogP contribution in [0.5, 0.6) is 0 Å². The smallest absolute Gasteiger partial charge is 0.344 e. The molecule has 17 heavy (non-hydrogen) atoms. The SMILES string of the molecule is O=C(N[C@@H]1CC[C@@H](C(F)(F)F)NC1)C(F)(F)F. The number of rotatable bonds is 1. The number of halogens is 6. The van der Waals surface area contributed by atoms with Gasteiger partial charge in [0.05, 0.1) is 0 Å². The Morgan fingerprint density at radius 1 is 1.12 bits per heavy atom. The zero-order valence-corrected chi connectivity index (χ0v) is 8.45. The highest BCUT2D eigenvalue weighted by atomic mass is 19.4. The number of hydrogen-bond acceptors (Lipinski definition) is 2. The molecule has 1 aliphatic heterocycles. The Balaban J connectivity index is 2.41. The minimum atomic E-state index is -5.01. The molecule has 0 aromatic rings. The first-order valence-electron chi connectivity index (χ1n) is 4.78. The van der Waals surface area contributed by atoms with Crippen molar-refractivity contribution in [1.29, 1.82) is 0 Å². The van der Waals surface area contributed by atoms with Gasteiger partial charge in [0.25, 0.3) is 0 Å². The van der Waals surface area contributed by atoms with Crippen LogP contribution in [-0.2, 0) is 4.79 Å². The highest BCUT2D eigenvalue weighted by Crippen LogP contribution is 2.26. The quantitative estimate of drug-likeness (QED) is 0.702. The van der Waals surface area contributed by atoms with Crippen LogP contribution >= 0.6 is 0 Å². The van der Waals surface area contributed by atoms with E-state index in [9.17, 15) is 31.1 Å². The van der Waals surface area contributed by atoms with Gasteiger partial charge in [-0.25, -0.2) is 0 Å². The molecule has 9 heteroatoms. The molecule has 0 radical (unpaired) electrons. The molecule has 1 heterocycles. The molecule has 1 amide bonds. The fourth-order valence-electron chi connectivity index (χ4n) is 1.53. The molecule has 0 aliphatic carbocycles. The maximum absolute atomic E-state index is 12.2. The lowest BCUT2D eigenvalue weighted by Crippen LogP contribution is -2.55. The van der Waals surface area contributed by atoms with Crippen LogP contribution in [-0.4, -0.2) is 36.9 Å². The summed E-state index contributed by atoms with van der Waals surface area (Å²) < 4.78 is 72.1. The maximum Gasteiger partial charge on any atom is 0.471 e. The van der Waals surface area contributed by atoms with Gasteiger partial charge in [-0.15, -0.1) is 0 Å². The van der Waals surface area contributed by atoms with E-state index in [-0.39, 0.29) is 19.4 Å². The van der Waals surface area contributed by atoms with Crippen molar-refractivity contribution in [1.82, 2.24) is 10.6 Å². The van der Waals surface area contributed by atoms with E-state index in [0.717, 1.165) is 0 Å². The summed E-state index contributed by atoms with van der Waals surface area (Å²) in [6.45, 7) is -0.327. The van der Waals surface area contributed by atoms with Crippen LogP contribution in [0.1, 0.15) is 12.8 Å². The second-order valence-corrected chi connectivity index (χ2v) is 3.75. The zero-order chi connectivity index (χ0) is 13.3. The largest absolute Gasteiger partial charge is 0.471 e. The number of piperidine rings is 1. The van der Waals surface area contributed by atoms with Gasteiger partial charge in [-0.3, -0.25) is 4.79 Å². The molecule has 0 aromatic carbocycles. The highest BCUT2D eigenvalue weighted by molar-refractivity contribution is 5.81. The minimum absolute atomic E-state index is 0.140. The molecule has 0 bridgehead atoms. The Morgan fingerprint density at radius 3 is 2.06 bits per heavy atom. The van der Waals surface area contributed by atoms with E-state index >= 15 is 0 Å². The summed E-state index contributed by atoms with van der Waals surface area (Å²) in [4.78, 5) is 10.5. The second kappa shape index (κ2) is 4.71. The predicted octanol–water partition coefficient (Wildman–Crippen LogP) is 1.35. The van der Waals surface area contributed by atoms with Gasteiger partial charge in [0, 0.05) is 12.6 Å². The first kappa shape index (κ1) is 14.1. The van der Waals surface area contributed by atoms with Gasteiger partial charge >= 0.3 is 18.3 Å². The van der Waals surface area contributed by atoms with E-state index in [0.29, 0.717) is 0 Å². The molecule has 3 nitrogen and oxygen atoms in total. The molecule has 1 aliphatic rings. The van der Waals surface area contributed by atoms with Crippen molar-refractivity contribution in [2.24, 2.45) is 0 Å². The van der Waals surface area contributed by atoms with E-state index in [1.807, 2.05) is 0 Å². The molecule has 1 rings (SSSR count). The Morgan fingerprint density at radius 2 is 1.71 bits per heavy atom. The average Bonchev–Trinajstić information content (AvgIpc) is 2.15. The van der Waals surface area contributed by atoms with Crippen LogP contribution < -0.4 is 10.6 Å². The molecular weight excluding hydrogens is 254 g/mol. The second-order valence-electron chi connectivity index (χ2n) is 3.75. The summed E-state index contributed by atoms with van der Waals surface area (Å²) in [7, 11) is 0. The van der Waals surface area contributed by atoms with Crippen LogP contribution in [0.2, 0.25) is 0 Å². The van der Waals surface area contributed by atoms with E-state index in [1.54, 1.807) is 5.32 Å². The molecule has 1 fully saturated rings. The molecule has 0 saturated carbocycles. The van der Waals surface area contributed by atoms with Crippen molar-refractivity contribution in [3.05, 3.63) is 0 Å². The first-order chi connectivity index (χ1) is 7.60. The third kappa shape index (κ3) is 4.06. The summed E-state index contributed by atoms with van der Waals surface area (Å²) >= 11 is 0. The Labute approximate surface area is 92.5 Å². The summed E-state index contributed by atoms with van der Waals surface area (Å²) in [6.07, 6.45) is -9.93. The molecule has 0 unspecified atom stereocenters. The van der Waals surface area contributed by atoms with Gasteiger partial charge in [0.1, 0.15) is 6.04 Å². The van der Waals surface area contributed by atoms with Crippen LogP contribution in [0.3, 0.4) is 0 Å². The van der Waals surface area contributed by atoms with Crippen LogP contribution in [0.25, 0.3) is 0 Å².